The minimum Gasteiger partial charge on any atom is -1.00 e. The molecule has 2 heteroatoms. The van der Waals surface area contributed by atoms with Crippen LogP contribution in [0.4, 0.5) is 0 Å². The number of pyridine rings is 1. The van der Waals surface area contributed by atoms with Crippen LogP contribution >= 0.6 is 0 Å². The van der Waals surface area contributed by atoms with Crippen molar-refractivity contribution in [3.63, 3.8) is 0 Å². The molecule has 98 valence electrons. The Morgan fingerprint density at radius 2 is 1.76 bits per heavy atom. The zero-order valence-electron chi connectivity index (χ0n) is 11.3. The predicted molar refractivity (Wildman–Crippen MR) is 69.4 cm³/mol. The van der Waals surface area contributed by atoms with Crippen molar-refractivity contribution in [2.24, 2.45) is 0 Å². The van der Waals surface area contributed by atoms with Crippen LogP contribution in [0, 0.1) is 0 Å². The summed E-state index contributed by atoms with van der Waals surface area (Å²) in [5.41, 5.74) is 1.47. The van der Waals surface area contributed by atoms with E-state index in [0.717, 1.165) is 0 Å². The van der Waals surface area contributed by atoms with E-state index < -0.39 is 0 Å². The molecule has 0 spiro atoms. The standard InChI is InChI=1S/C15H26N.FH/c1-3-5-6-7-8-12-16-13-9-11-15(14-16)10-4-2;/h9,11,13-14H,3-8,10,12H2,1-2H3;1H/q+1;/p-1. The molecule has 0 aliphatic rings. The molecule has 0 amide bonds. The predicted octanol–water partition coefficient (Wildman–Crippen LogP) is 0.901. The van der Waals surface area contributed by atoms with E-state index in [-0.39, 0.29) is 4.70 Å². The molecule has 0 aromatic carbocycles. The van der Waals surface area contributed by atoms with E-state index in [1.807, 2.05) is 0 Å². The third kappa shape index (κ3) is 7.09. The number of aryl methyl sites for hydroxylation is 2. The largest absolute Gasteiger partial charge is 1.00 e. The number of nitrogens with zero attached hydrogens (tertiary/aromatic N) is 1. The minimum absolute atomic E-state index is 0. The second-order valence-corrected chi connectivity index (χ2v) is 4.61. The van der Waals surface area contributed by atoms with Crippen LogP contribution in [0.2, 0.25) is 0 Å². The van der Waals surface area contributed by atoms with E-state index in [1.165, 1.54) is 57.1 Å². The lowest BCUT2D eigenvalue weighted by Crippen LogP contribution is -3.00. The Kier molecular flexibility index (Phi) is 9.69. The first-order valence-corrected chi connectivity index (χ1v) is 6.84. The van der Waals surface area contributed by atoms with Gasteiger partial charge < -0.3 is 4.70 Å². The van der Waals surface area contributed by atoms with Gasteiger partial charge in [-0.15, -0.1) is 0 Å². The van der Waals surface area contributed by atoms with Gasteiger partial charge in [0.15, 0.2) is 12.4 Å². The summed E-state index contributed by atoms with van der Waals surface area (Å²) in [5.74, 6) is 0. The molecule has 1 rings (SSSR count). The van der Waals surface area contributed by atoms with E-state index >= 15 is 0 Å². The van der Waals surface area contributed by atoms with Crippen LogP contribution in [0.1, 0.15) is 57.9 Å². The molecule has 1 aromatic heterocycles. The molecule has 0 N–H and O–H groups in total. The summed E-state index contributed by atoms with van der Waals surface area (Å²) in [6.07, 6.45) is 13.8. The van der Waals surface area contributed by atoms with Crippen LogP contribution < -0.4 is 9.27 Å². The Bertz CT molecular complexity index is 286. The summed E-state index contributed by atoms with van der Waals surface area (Å²) in [7, 11) is 0. The van der Waals surface area contributed by atoms with Crippen molar-refractivity contribution < 1.29 is 9.27 Å². The molecular formula is C15H26FN. The van der Waals surface area contributed by atoms with E-state index in [1.54, 1.807) is 0 Å². The van der Waals surface area contributed by atoms with Gasteiger partial charge in [0.2, 0.25) is 0 Å². The van der Waals surface area contributed by atoms with Crippen LogP contribution in [-0.2, 0) is 13.0 Å². The molecule has 0 radical (unpaired) electrons. The average molecular weight is 239 g/mol. The van der Waals surface area contributed by atoms with Crippen molar-refractivity contribution in [1.29, 1.82) is 0 Å². The molecule has 0 bridgehead atoms. The maximum atomic E-state index is 2.34. The highest BCUT2D eigenvalue weighted by atomic mass is 19.0. The second kappa shape index (κ2) is 10.2. The van der Waals surface area contributed by atoms with Gasteiger partial charge in [0, 0.05) is 18.1 Å². The molecule has 1 aromatic rings. The van der Waals surface area contributed by atoms with Crippen molar-refractivity contribution in [1.82, 2.24) is 0 Å². The topological polar surface area (TPSA) is 3.88 Å². The molecular weight excluding hydrogens is 213 g/mol. The highest BCUT2D eigenvalue weighted by Crippen LogP contribution is 2.03. The first-order chi connectivity index (χ1) is 7.86. The number of halogens is 1. The molecule has 0 fully saturated rings. The summed E-state index contributed by atoms with van der Waals surface area (Å²) < 4.78 is 2.34. The molecule has 0 unspecified atom stereocenters. The van der Waals surface area contributed by atoms with E-state index in [0.29, 0.717) is 0 Å². The molecule has 0 saturated heterocycles. The minimum atomic E-state index is 0. The van der Waals surface area contributed by atoms with Crippen molar-refractivity contribution in [2.45, 2.75) is 65.3 Å². The van der Waals surface area contributed by atoms with E-state index in [9.17, 15) is 0 Å². The molecule has 1 heterocycles. The summed E-state index contributed by atoms with van der Waals surface area (Å²) in [4.78, 5) is 0. The van der Waals surface area contributed by atoms with Crippen molar-refractivity contribution in [3.8, 4) is 0 Å². The average Bonchev–Trinajstić information content (AvgIpc) is 2.30. The summed E-state index contributed by atoms with van der Waals surface area (Å²) >= 11 is 0. The fourth-order valence-electron chi connectivity index (χ4n) is 2.05. The maximum absolute atomic E-state index is 2.34. The van der Waals surface area contributed by atoms with Gasteiger partial charge in [-0.25, -0.2) is 4.57 Å². The lowest BCUT2D eigenvalue weighted by atomic mass is 10.1. The Hall–Kier alpha value is -0.920. The SMILES string of the molecule is CCCCCCC[n+]1cccc(CCC)c1.[F-]. The number of rotatable bonds is 8. The van der Waals surface area contributed by atoms with Crippen LogP contribution in [0.25, 0.3) is 0 Å². The smallest absolute Gasteiger partial charge is 0.171 e. The third-order valence-corrected chi connectivity index (χ3v) is 2.98. The van der Waals surface area contributed by atoms with Gasteiger partial charge in [-0.1, -0.05) is 39.5 Å². The fourth-order valence-corrected chi connectivity index (χ4v) is 2.05. The van der Waals surface area contributed by atoms with Crippen LogP contribution in [-0.4, -0.2) is 0 Å². The van der Waals surface area contributed by atoms with Gasteiger partial charge in [0.25, 0.3) is 0 Å². The molecule has 1 nitrogen and oxygen atoms in total. The highest BCUT2D eigenvalue weighted by molar-refractivity contribution is 5.04. The zero-order chi connectivity index (χ0) is 11.6. The van der Waals surface area contributed by atoms with Gasteiger partial charge >= 0.3 is 0 Å². The normalized spacial score (nSPS) is 10.0. The Labute approximate surface area is 105 Å². The van der Waals surface area contributed by atoms with Gasteiger partial charge in [0.1, 0.15) is 6.54 Å². The highest BCUT2D eigenvalue weighted by Gasteiger charge is 2.01. The van der Waals surface area contributed by atoms with Gasteiger partial charge in [-0.05, 0) is 18.9 Å². The molecule has 0 saturated carbocycles. The van der Waals surface area contributed by atoms with E-state index in [4.69, 9.17) is 0 Å². The number of hydrogen-bond acceptors (Lipinski definition) is 0. The number of aromatic nitrogens is 1. The Morgan fingerprint density at radius 1 is 1.00 bits per heavy atom. The molecule has 0 atom stereocenters. The first kappa shape index (κ1) is 16.1. The number of hydrogen-bond donors (Lipinski definition) is 0. The van der Waals surface area contributed by atoms with Crippen LogP contribution in [0.5, 0.6) is 0 Å². The molecule has 0 aliphatic heterocycles. The van der Waals surface area contributed by atoms with Gasteiger partial charge in [-0.2, -0.15) is 0 Å². The van der Waals surface area contributed by atoms with Crippen LogP contribution in [0.3, 0.4) is 0 Å². The summed E-state index contributed by atoms with van der Waals surface area (Å²) in [6.45, 7) is 5.69. The maximum Gasteiger partial charge on any atom is 0.171 e. The quantitative estimate of drug-likeness (QED) is 0.469. The molecule has 17 heavy (non-hydrogen) atoms. The van der Waals surface area contributed by atoms with Crippen molar-refractivity contribution >= 4 is 0 Å². The Morgan fingerprint density at radius 3 is 2.47 bits per heavy atom. The molecule has 0 aliphatic carbocycles. The van der Waals surface area contributed by atoms with E-state index in [2.05, 4.69) is 42.9 Å². The van der Waals surface area contributed by atoms with Crippen molar-refractivity contribution in [3.05, 3.63) is 30.1 Å². The third-order valence-electron chi connectivity index (χ3n) is 2.98. The Balaban J connectivity index is 0.00000256. The monoisotopic (exact) mass is 239 g/mol. The second-order valence-electron chi connectivity index (χ2n) is 4.61. The first-order valence-electron chi connectivity index (χ1n) is 6.84. The lowest BCUT2D eigenvalue weighted by Gasteiger charge is -2.00. The van der Waals surface area contributed by atoms with Gasteiger partial charge in [-0.3, -0.25) is 0 Å². The summed E-state index contributed by atoms with van der Waals surface area (Å²) in [6, 6.07) is 4.41. The lowest BCUT2D eigenvalue weighted by molar-refractivity contribution is -0.697. The van der Waals surface area contributed by atoms with Gasteiger partial charge in [0.05, 0.1) is 0 Å². The van der Waals surface area contributed by atoms with Crippen LogP contribution in [0.15, 0.2) is 24.5 Å². The summed E-state index contributed by atoms with van der Waals surface area (Å²) in [5, 5.41) is 0. The fraction of sp³-hybridized carbons (Fsp3) is 0.667. The zero-order valence-corrected chi connectivity index (χ0v) is 11.3. The van der Waals surface area contributed by atoms with Crippen molar-refractivity contribution in [2.75, 3.05) is 0 Å². The number of unbranched alkanes of at least 4 members (excludes halogenated alkanes) is 4.